The number of ether oxygens (including phenoxy) is 1. The van der Waals surface area contributed by atoms with Gasteiger partial charge in [0.15, 0.2) is 6.61 Å². The summed E-state index contributed by atoms with van der Waals surface area (Å²) in [6, 6.07) is 7.12. The zero-order chi connectivity index (χ0) is 22.2. The Hall–Kier alpha value is -2.58. The molecule has 9 heteroatoms. The van der Waals surface area contributed by atoms with E-state index in [1.54, 1.807) is 40.0 Å². The molecule has 0 spiro atoms. The molecule has 1 saturated heterocycles. The Bertz CT molecular complexity index is 1230. The average molecular weight is 473 g/mol. The van der Waals surface area contributed by atoms with Crippen LogP contribution in [-0.2, 0) is 24.7 Å². The van der Waals surface area contributed by atoms with E-state index >= 15 is 0 Å². The Morgan fingerprint density at radius 1 is 1.16 bits per heavy atom. The first kappa shape index (κ1) is 21.3. The summed E-state index contributed by atoms with van der Waals surface area (Å²) < 4.78 is 7.26. The van der Waals surface area contributed by atoms with E-state index in [1.165, 1.54) is 16.9 Å². The number of rotatable bonds is 4. The summed E-state index contributed by atoms with van der Waals surface area (Å²) in [5.74, 6) is 1.11. The number of thiophene rings is 1. The van der Waals surface area contributed by atoms with Crippen LogP contribution < -0.4 is 15.2 Å². The molecule has 1 aliphatic heterocycles. The molecule has 1 fully saturated rings. The van der Waals surface area contributed by atoms with Crippen LogP contribution in [0.25, 0.3) is 10.2 Å². The number of halogens is 1. The highest BCUT2D eigenvalue weighted by molar-refractivity contribution is 7.18. The van der Waals surface area contributed by atoms with Gasteiger partial charge in [0.25, 0.3) is 11.5 Å². The van der Waals surface area contributed by atoms with Crippen molar-refractivity contribution in [3.63, 3.8) is 0 Å². The molecule has 0 atom stereocenters. The summed E-state index contributed by atoms with van der Waals surface area (Å²) in [7, 11) is 1.80. The lowest BCUT2D eigenvalue weighted by Crippen LogP contribution is -2.51. The second-order valence-corrected chi connectivity index (χ2v) is 9.74. The fraction of sp³-hybridized carbons (Fsp3) is 0.435. The number of benzene rings is 1. The molecule has 1 aliphatic carbocycles. The number of piperazine rings is 1. The fourth-order valence-corrected chi connectivity index (χ4v) is 5.94. The predicted octanol–water partition coefficient (Wildman–Crippen LogP) is 3.25. The summed E-state index contributed by atoms with van der Waals surface area (Å²) in [5.41, 5.74) is 1.25. The number of anilines is 1. The summed E-state index contributed by atoms with van der Waals surface area (Å²) >= 11 is 7.76. The van der Waals surface area contributed by atoms with Crippen LogP contribution in [0.3, 0.4) is 0 Å². The molecule has 3 heterocycles. The van der Waals surface area contributed by atoms with Crippen molar-refractivity contribution in [2.45, 2.75) is 25.7 Å². The van der Waals surface area contributed by atoms with E-state index in [1.807, 2.05) is 12.1 Å². The van der Waals surface area contributed by atoms with Crippen molar-refractivity contribution in [3.05, 3.63) is 50.1 Å². The number of aryl methyl sites for hydroxylation is 2. The smallest absolute Gasteiger partial charge is 0.263 e. The van der Waals surface area contributed by atoms with Gasteiger partial charge >= 0.3 is 0 Å². The number of carbonyl (C=O) groups is 1. The first-order chi connectivity index (χ1) is 15.5. The number of para-hydroxylation sites is 1. The van der Waals surface area contributed by atoms with Crippen LogP contribution in [0.4, 0.5) is 5.95 Å². The number of hydrogen-bond acceptors (Lipinski definition) is 6. The van der Waals surface area contributed by atoms with Gasteiger partial charge in [0.2, 0.25) is 5.95 Å². The number of aromatic nitrogens is 2. The molecule has 3 aromatic rings. The van der Waals surface area contributed by atoms with Crippen LogP contribution in [0.2, 0.25) is 5.02 Å². The SMILES string of the molecule is Cn1c(N2CCN(C(=O)COc3ccccc3Cl)CC2)nc2sc3c(c2c1=O)CCCC3. The molecule has 7 nitrogen and oxygen atoms in total. The van der Waals surface area contributed by atoms with Crippen LogP contribution in [0.1, 0.15) is 23.3 Å². The Kier molecular flexibility index (Phi) is 5.82. The summed E-state index contributed by atoms with van der Waals surface area (Å²) in [5, 5.41) is 1.30. The second kappa shape index (κ2) is 8.75. The van der Waals surface area contributed by atoms with Crippen LogP contribution in [-0.4, -0.2) is 53.1 Å². The molecule has 0 unspecified atom stereocenters. The summed E-state index contributed by atoms with van der Waals surface area (Å²) in [6.07, 6.45) is 4.34. The zero-order valence-corrected chi connectivity index (χ0v) is 19.5. The molecule has 0 bridgehead atoms. The van der Waals surface area contributed by atoms with E-state index in [4.69, 9.17) is 21.3 Å². The highest BCUT2D eigenvalue weighted by Crippen LogP contribution is 2.34. The lowest BCUT2D eigenvalue weighted by molar-refractivity contribution is -0.133. The Labute approximate surface area is 195 Å². The van der Waals surface area contributed by atoms with E-state index in [-0.39, 0.29) is 18.1 Å². The lowest BCUT2D eigenvalue weighted by Gasteiger charge is -2.35. The van der Waals surface area contributed by atoms with Crippen molar-refractivity contribution in [2.24, 2.45) is 7.05 Å². The van der Waals surface area contributed by atoms with Gasteiger partial charge in [-0.2, -0.15) is 0 Å². The maximum Gasteiger partial charge on any atom is 0.263 e. The molecular formula is C23H25ClN4O3S. The van der Waals surface area contributed by atoms with Crippen molar-refractivity contribution < 1.29 is 9.53 Å². The van der Waals surface area contributed by atoms with Gasteiger partial charge < -0.3 is 14.5 Å². The third-order valence-corrected chi connectivity index (χ3v) is 7.77. The van der Waals surface area contributed by atoms with Crippen LogP contribution >= 0.6 is 22.9 Å². The Balaban J connectivity index is 1.28. The molecule has 2 aromatic heterocycles. The van der Waals surface area contributed by atoms with Crippen molar-refractivity contribution >= 4 is 45.0 Å². The van der Waals surface area contributed by atoms with Crippen molar-refractivity contribution in [2.75, 3.05) is 37.7 Å². The number of fused-ring (bicyclic) bond motifs is 3. The minimum absolute atomic E-state index is 0.0380. The average Bonchev–Trinajstić information content (AvgIpc) is 3.19. The summed E-state index contributed by atoms with van der Waals surface area (Å²) in [4.78, 5) is 36.7. The van der Waals surface area contributed by atoms with Gasteiger partial charge in [-0.3, -0.25) is 14.2 Å². The first-order valence-corrected chi connectivity index (χ1v) is 12.1. The van der Waals surface area contributed by atoms with Crippen LogP contribution in [0.15, 0.2) is 29.1 Å². The van der Waals surface area contributed by atoms with Gasteiger partial charge in [-0.1, -0.05) is 23.7 Å². The van der Waals surface area contributed by atoms with E-state index in [0.717, 1.165) is 29.5 Å². The maximum atomic E-state index is 13.2. The molecule has 2 aliphatic rings. The third-order valence-electron chi connectivity index (χ3n) is 6.28. The minimum atomic E-state index is -0.0761. The van der Waals surface area contributed by atoms with E-state index in [0.29, 0.717) is 42.9 Å². The number of amides is 1. The summed E-state index contributed by atoms with van der Waals surface area (Å²) in [6.45, 7) is 2.30. The standard InChI is InChI=1S/C23H25ClN4O3S/c1-26-22(30)20-15-6-2-5-9-18(15)32-21(20)25-23(26)28-12-10-27(11-13-28)19(29)14-31-17-8-4-3-7-16(17)24/h3-4,7-8H,2,5-6,9-14H2,1H3. The minimum Gasteiger partial charge on any atom is -0.482 e. The van der Waals surface area contributed by atoms with Gasteiger partial charge in [-0.05, 0) is 43.4 Å². The fourth-order valence-electron chi connectivity index (χ4n) is 4.51. The second-order valence-electron chi connectivity index (χ2n) is 8.25. The quantitative estimate of drug-likeness (QED) is 0.583. The molecule has 0 N–H and O–H groups in total. The first-order valence-electron chi connectivity index (χ1n) is 10.9. The number of carbonyl (C=O) groups excluding carboxylic acids is 1. The molecule has 32 heavy (non-hydrogen) atoms. The van der Waals surface area contributed by atoms with Gasteiger partial charge in [-0.25, -0.2) is 4.98 Å². The zero-order valence-electron chi connectivity index (χ0n) is 18.0. The maximum absolute atomic E-state index is 13.2. The third kappa shape index (κ3) is 3.86. The molecule has 1 amide bonds. The highest BCUT2D eigenvalue weighted by Gasteiger charge is 2.26. The van der Waals surface area contributed by atoms with Gasteiger partial charge in [0.05, 0.1) is 10.4 Å². The van der Waals surface area contributed by atoms with Crippen molar-refractivity contribution in [1.82, 2.24) is 14.5 Å². The normalized spacial score (nSPS) is 16.3. The van der Waals surface area contributed by atoms with Gasteiger partial charge in [0.1, 0.15) is 10.6 Å². The van der Waals surface area contributed by atoms with Crippen molar-refractivity contribution in [1.29, 1.82) is 0 Å². The van der Waals surface area contributed by atoms with Gasteiger partial charge in [0, 0.05) is 38.1 Å². The lowest BCUT2D eigenvalue weighted by atomic mass is 9.97. The van der Waals surface area contributed by atoms with E-state index < -0.39 is 0 Å². The molecular weight excluding hydrogens is 448 g/mol. The van der Waals surface area contributed by atoms with E-state index in [9.17, 15) is 9.59 Å². The topological polar surface area (TPSA) is 67.7 Å². The Morgan fingerprint density at radius 2 is 1.91 bits per heavy atom. The molecule has 0 radical (unpaired) electrons. The van der Waals surface area contributed by atoms with Crippen LogP contribution in [0, 0.1) is 0 Å². The monoisotopic (exact) mass is 472 g/mol. The predicted molar refractivity (Wildman–Crippen MR) is 127 cm³/mol. The van der Waals surface area contributed by atoms with Crippen molar-refractivity contribution in [3.8, 4) is 5.75 Å². The highest BCUT2D eigenvalue weighted by atomic mass is 35.5. The number of hydrogen-bond donors (Lipinski definition) is 0. The number of nitrogens with zero attached hydrogens (tertiary/aromatic N) is 4. The molecule has 0 saturated carbocycles. The van der Waals surface area contributed by atoms with Crippen LogP contribution in [0.5, 0.6) is 5.75 Å². The largest absolute Gasteiger partial charge is 0.482 e. The van der Waals surface area contributed by atoms with E-state index in [2.05, 4.69) is 4.90 Å². The van der Waals surface area contributed by atoms with Gasteiger partial charge in [-0.15, -0.1) is 11.3 Å². The molecule has 5 rings (SSSR count). The Morgan fingerprint density at radius 3 is 2.69 bits per heavy atom. The molecule has 168 valence electrons. The molecule has 1 aromatic carbocycles.